The molecule has 0 rings (SSSR count). The number of phosphoric acid groups is 2. The fraction of sp³-hybridized carbons (Fsp3) is 0.873. The van der Waals surface area contributed by atoms with Crippen LogP contribution in [0.25, 0.3) is 0 Å². The van der Waals surface area contributed by atoms with E-state index in [1.165, 1.54) is 173 Å². The molecular weight excluding hydrogens is 1280 g/mol. The van der Waals surface area contributed by atoms with Crippen LogP contribution in [0.15, 0.2) is 36.5 Å². The number of carbonyl (C=O) groups excluding carboxylic acids is 4. The predicted molar refractivity (Wildman–Crippen MR) is 400 cm³/mol. The Kier molecular flexibility index (Phi) is 70.6. The van der Waals surface area contributed by atoms with Crippen molar-refractivity contribution in [1.82, 2.24) is 0 Å². The zero-order valence-electron chi connectivity index (χ0n) is 63.0. The average Bonchev–Trinajstić information content (AvgIpc) is 0.959. The van der Waals surface area contributed by atoms with Crippen molar-refractivity contribution in [3.63, 3.8) is 0 Å². The highest BCUT2D eigenvalue weighted by Gasteiger charge is 2.30. The Bertz CT molecular complexity index is 2000. The molecule has 5 unspecified atom stereocenters. The van der Waals surface area contributed by atoms with Gasteiger partial charge in [-0.1, -0.05) is 315 Å². The Morgan fingerprint density at radius 2 is 0.500 bits per heavy atom. The number of hydrogen-bond donors (Lipinski definition) is 3. The first kappa shape index (κ1) is 95.3. The monoisotopic (exact) mass is 1430 g/mol. The molecule has 0 spiro atoms. The summed E-state index contributed by atoms with van der Waals surface area (Å²) < 4.78 is 68.6. The van der Waals surface area contributed by atoms with E-state index in [-0.39, 0.29) is 25.7 Å². The van der Waals surface area contributed by atoms with E-state index >= 15 is 0 Å². The second-order valence-corrected chi connectivity index (χ2v) is 30.3. The molecule has 19 heteroatoms. The Hall–Kier alpha value is -2.72. The van der Waals surface area contributed by atoms with Gasteiger partial charge in [-0.15, -0.1) is 0 Å². The Morgan fingerprint density at radius 3 is 0.786 bits per heavy atom. The summed E-state index contributed by atoms with van der Waals surface area (Å²) in [6, 6.07) is 0. The molecule has 576 valence electrons. The minimum absolute atomic E-state index is 0.100. The molecule has 0 aromatic rings. The van der Waals surface area contributed by atoms with Crippen molar-refractivity contribution >= 4 is 39.5 Å². The van der Waals surface area contributed by atoms with Crippen LogP contribution in [0, 0.1) is 0 Å². The van der Waals surface area contributed by atoms with Crippen LogP contribution in [0.2, 0.25) is 0 Å². The van der Waals surface area contributed by atoms with Gasteiger partial charge in [0.25, 0.3) is 0 Å². The van der Waals surface area contributed by atoms with Gasteiger partial charge >= 0.3 is 39.5 Å². The molecular formula is C79H148O17P2. The third kappa shape index (κ3) is 71.7. The lowest BCUT2D eigenvalue weighted by Gasteiger charge is -2.21. The molecule has 0 saturated heterocycles. The minimum atomic E-state index is -4.97. The number of aliphatic hydroxyl groups is 1. The maximum absolute atomic E-state index is 13.1. The number of unbranched alkanes of at least 4 members (excludes halogenated alkanes) is 45. The van der Waals surface area contributed by atoms with Crippen LogP contribution in [0.5, 0.6) is 0 Å². The van der Waals surface area contributed by atoms with Crippen LogP contribution < -0.4 is 0 Å². The van der Waals surface area contributed by atoms with E-state index in [2.05, 4.69) is 64.2 Å². The van der Waals surface area contributed by atoms with E-state index in [4.69, 9.17) is 37.0 Å². The summed E-state index contributed by atoms with van der Waals surface area (Å²) in [5, 5.41) is 10.6. The first-order chi connectivity index (χ1) is 47.7. The van der Waals surface area contributed by atoms with Crippen LogP contribution in [-0.4, -0.2) is 96.7 Å². The molecule has 98 heavy (non-hydrogen) atoms. The van der Waals surface area contributed by atoms with Gasteiger partial charge in [0.05, 0.1) is 26.4 Å². The van der Waals surface area contributed by atoms with E-state index in [1.807, 2.05) is 0 Å². The Balaban J connectivity index is 5.31. The number of ether oxygens (including phenoxy) is 4. The summed E-state index contributed by atoms with van der Waals surface area (Å²) in [4.78, 5) is 72.9. The number of hydrogen-bond acceptors (Lipinski definition) is 15. The molecule has 3 N–H and O–H groups in total. The maximum atomic E-state index is 13.1. The zero-order chi connectivity index (χ0) is 71.8. The van der Waals surface area contributed by atoms with Gasteiger partial charge < -0.3 is 33.8 Å². The molecule has 0 fully saturated rings. The van der Waals surface area contributed by atoms with Gasteiger partial charge in [-0.25, -0.2) is 9.13 Å². The van der Waals surface area contributed by atoms with Crippen LogP contribution in [0.3, 0.4) is 0 Å². The number of allylic oxidation sites excluding steroid dienone is 6. The molecule has 0 aliphatic carbocycles. The Labute approximate surface area is 598 Å². The van der Waals surface area contributed by atoms with Gasteiger partial charge in [0.1, 0.15) is 19.3 Å². The molecule has 0 aliphatic heterocycles. The van der Waals surface area contributed by atoms with Crippen LogP contribution in [-0.2, 0) is 65.4 Å². The smallest absolute Gasteiger partial charge is 0.462 e. The van der Waals surface area contributed by atoms with E-state index in [1.54, 1.807) is 0 Å². The predicted octanol–water partition coefficient (Wildman–Crippen LogP) is 23.1. The molecule has 0 heterocycles. The van der Waals surface area contributed by atoms with Crippen molar-refractivity contribution < 1.29 is 80.2 Å². The molecule has 0 amide bonds. The van der Waals surface area contributed by atoms with Gasteiger partial charge in [0.15, 0.2) is 12.2 Å². The van der Waals surface area contributed by atoms with E-state index in [9.17, 15) is 43.2 Å². The van der Waals surface area contributed by atoms with E-state index in [0.717, 1.165) is 135 Å². The SMILES string of the molecule is CCCCC/C=C\C/C=C\CCCCCCCC(=O)OCC(COP(=O)(O)OCC(O)COP(=O)(O)OCC(COC(=O)CCCCCCC/C=C\CCCCCCCC)OC(=O)CCCCCCCCCCCCCCCCC)OC(=O)CCCCCCCCCCCCCCC. The number of esters is 4. The van der Waals surface area contributed by atoms with E-state index in [0.29, 0.717) is 25.7 Å². The second-order valence-electron chi connectivity index (χ2n) is 27.4. The second kappa shape index (κ2) is 72.6. The van der Waals surface area contributed by atoms with Crippen molar-refractivity contribution in [1.29, 1.82) is 0 Å². The molecule has 17 nitrogen and oxygen atoms in total. The quantitative estimate of drug-likeness (QED) is 0.0169. The average molecular weight is 1430 g/mol. The maximum Gasteiger partial charge on any atom is 0.472 e. The molecule has 0 saturated carbocycles. The lowest BCUT2D eigenvalue weighted by atomic mass is 10.0. The summed E-state index contributed by atoms with van der Waals surface area (Å²) in [5.74, 6) is -2.15. The van der Waals surface area contributed by atoms with Gasteiger partial charge in [-0.3, -0.25) is 37.3 Å². The van der Waals surface area contributed by atoms with Gasteiger partial charge in [-0.2, -0.15) is 0 Å². The van der Waals surface area contributed by atoms with Gasteiger partial charge in [0.2, 0.25) is 0 Å². The Morgan fingerprint density at radius 1 is 0.286 bits per heavy atom. The zero-order valence-corrected chi connectivity index (χ0v) is 64.8. The molecule has 0 aromatic heterocycles. The van der Waals surface area contributed by atoms with Crippen LogP contribution >= 0.6 is 15.6 Å². The van der Waals surface area contributed by atoms with Crippen LogP contribution in [0.4, 0.5) is 0 Å². The topological polar surface area (TPSA) is 237 Å². The molecule has 0 aliphatic rings. The van der Waals surface area contributed by atoms with Crippen molar-refractivity contribution in [2.45, 2.75) is 406 Å². The van der Waals surface area contributed by atoms with Crippen molar-refractivity contribution in [3.05, 3.63) is 36.5 Å². The highest BCUT2D eigenvalue weighted by molar-refractivity contribution is 7.47. The van der Waals surface area contributed by atoms with Gasteiger partial charge in [-0.05, 0) is 83.5 Å². The third-order valence-corrected chi connectivity index (χ3v) is 19.5. The number of aliphatic hydroxyl groups excluding tert-OH is 1. The summed E-state index contributed by atoms with van der Waals surface area (Å²) in [6.07, 6.45) is 68.3. The first-order valence-electron chi connectivity index (χ1n) is 40.2. The lowest BCUT2D eigenvalue weighted by Crippen LogP contribution is -2.30. The summed E-state index contributed by atoms with van der Waals surface area (Å²) >= 11 is 0. The fourth-order valence-corrected chi connectivity index (χ4v) is 13.0. The third-order valence-electron chi connectivity index (χ3n) is 17.6. The molecule has 0 bridgehead atoms. The first-order valence-corrected chi connectivity index (χ1v) is 43.2. The number of phosphoric ester groups is 2. The van der Waals surface area contributed by atoms with Crippen molar-refractivity contribution in [2.24, 2.45) is 0 Å². The van der Waals surface area contributed by atoms with E-state index < -0.39 is 97.5 Å². The van der Waals surface area contributed by atoms with Crippen LogP contribution in [0.1, 0.15) is 387 Å². The van der Waals surface area contributed by atoms with Crippen molar-refractivity contribution in [3.8, 4) is 0 Å². The van der Waals surface area contributed by atoms with Gasteiger partial charge in [0, 0.05) is 25.7 Å². The minimum Gasteiger partial charge on any atom is -0.462 e. The summed E-state index contributed by atoms with van der Waals surface area (Å²) in [6.45, 7) is 4.92. The largest absolute Gasteiger partial charge is 0.472 e. The highest BCUT2D eigenvalue weighted by atomic mass is 31.2. The lowest BCUT2D eigenvalue weighted by molar-refractivity contribution is -0.161. The normalized spacial score (nSPS) is 14.1. The van der Waals surface area contributed by atoms with Crippen molar-refractivity contribution in [2.75, 3.05) is 39.6 Å². The fourth-order valence-electron chi connectivity index (χ4n) is 11.4. The summed E-state index contributed by atoms with van der Waals surface area (Å²) in [7, 11) is -9.93. The molecule has 0 radical (unpaired) electrons. The molecule has 5 atom stereocenters. The highest BCUT2D eigenvalue weighted by Crippen LogP contribution is 2.45. The molecule has 0 aromatic carbocycles. The standard InChI is InChI=1S/C79H148O17P2/c1-5-9-13-17-21-25-29-33-36-40-43-47-51-55-59-63-76(81)89-69-74(95-78(83)65-61-57-53-49-45-39-32-28-24-20-16-12-8-4)71-93-97(85,86)91-67-73(80)68-92-98(87,88)94-72-75(96-79(84)66-62-58-54-50-46-42-38-35-31-27-23-19-15-11-7-3)70-90-77(82)64-60-56-52-48-44-41-37-34-30-26-22-18-14-10-6-2/h21,25,33-34,36-37,73-75,80H,5-20,22-24,26-32,35,38-72H2,1-4H3,(H,85,86)(H,87,88)/b25-21-,36-33-,37-34-. The summed E-state index contributed by atoms with van der Waals surface area (Å²) in [5.41, 5.74) is 0. The number of carbonyl (C=O) groups is 4. The number of rotatable bonds is 77.